The Balaban J connectivity index is 1.29. The number of fused-ring (bicyclic) bond motifs is 1. The van der Waals surface area contributed by atoms with Crippen LogP contribution in [0.5, 0.6) is 0 Å². The van der Waals surface area contributed by atoms with E-state index >= 15 is 0 Å². The normalized spacial score (nSPS) is 17.4. The lowest BCUT2D eigenvalue weighted by Crippen LogP contribution is -2.46. The molecule has 0 spiro atoms. The Hall–Kier alpha value is -4.24. The number of aryl methyl sites for hydroxylation is 2. The second kappa shape index (κ2) is 11.4. The zero-order chi connectivity index (χ0) is 26.5. The number of benzene rings is 3. The third-order valence-electron chi connectivity index (χ3n) is 7.02. The van der Waals surface area contributed by atoms with Gasteiger partial charge in [0.1, 0.15) is 0 Å². The fourth-order valence-electron chi connectivity index (χ4n) is 5.05. The minimum atomic E-state index is -0.933. The minimum absolute atomic E-state index is 0.0248. The average Bonchev–Trinajstić information content (AvgIpc) is 3.39. The lowest BCUT2D eigenvalue weighted by Gasteiger charge is -2.37. The third kappa shape index (κ3) is 6.00. The van der Waals surface area contributed by atoms with Crippen LogP contribution in [0.3, 0.4) is 0 Å². The number of aromatic nitrogens is 3. The van der Waals surface area contributed by atoms with Crippen molar-refractivity contribution in [1.82, 2.24) is 19.9 Å². The summed E-state index contributed by atoms with van der Waals surface area (Å²) in [4.78, 5) is 24.4. The Bertz CT molecular complexity index is 1420. The molecule has 1 aliphatic rings. The van der Waals surface area contributed by atoms with Gasteiger partial charge in [-0.3, -0.25) is 4.79 Å². The number of hydrogen-bond acceptors (Lipinski definition) is 5. The zero-order valence-corrected chi connectivity index (χ0v) is 21.3. The highest BCUT2D eigenvalue weighted by atomic mass is 16.5. The van der Waals surface area contributed by atoms with Crippen LogP contribution in [0.2, 0.25) is 0 Å². The number of rotatable bonds is 8. The number of piperidine rings is 1. The number of carbonyl (C=O) groups is 2. The molecule has 0 radical (unpaired) electrons. The molecule has 196 valence electrons. The van der Waals surface area contributed by atoms with E-state index in [2.05, 4.69) is 46.0 Å². The van der Waals surface area contributed by atoms with Gasteiger partial charge in [-0.2, -0.15) is 0 Å². The number of nitrogens with one attached hydrogen (secondary N) is 1. The number of carbonyl (C=O) groups excluding carboxylic acids is 1. The molecule has 1 aromatic heterocycles. The van der Waals surface area contributed by atoms with Crippen LogP contribution in [-0.2, 0) is 29.1 Å². The van der Waals surface area contributed by atoms with Crippen molar-refractivity contribution in [3.8, 4) is 0 Å². The van der Waals surface area contributed by atoms with Crippen molar-refractivity contribution in [2.75, 3.05) is 18.4 Å². The molecular formula is C29H31N5O4. The van der Waals surface area contributed by atoms with Crippen molar-refractivity contribution in [1.29, 1.82) is 0 Å². The van der Waals surface area contributed by atoms with E-state index in [1.54, 1.807) is 6.20 Å². The molecule has 0 aliphatic carbocycles. The van der Waals surface area contributed by atoms with E-state index in [4.69, 9.17) is 4.74 Å². The highest BCUT2D eigenvalue weighted by Crippen LogP contribution is 2.31. The van der Waals surface area contributed by atoms with Gasteiger partial charge in [-0.05, 0) is 52.9 Å². The molecule has 2 unspecified atom stereocenters. The Morgan fingerprint density at radius 3 is 2.58 bits per heavy atom. The summed E-state index contributed by atoms with van der Waals surface area (Å²) < 4.78 is 8.29. The Kier molecular flexibility index (Phi) is 7.65. The van der Waals surface area contributed by atoms with Crippen molar-refractivity contribution in [2.45, 2.75) is 44.9 Å². The van der Waals surface area contributed by atoms with Gasteiger partial charge in [-0.1, -0.05) is 53.7 Å². The summed E-state index contributed by atoms with van der Waals surface area (Å²) >= 11 is 0. The van der Waals surface area contributed by atoms with Crippen LogP contribution in [0.15, 0.2) is 72.9 Å². The molecule has 1 aliphatic heterocycles. The predicted octanol–water partition coefficient (Wildman–Crippen LogP) is 4.69. The van der Waals surface area contributed by atoms with Crippen molar-refractivity contribution in [3.05, 3.63) is 89.7 Å². The van der Waals surface area contributed by atoms with Crippen LogP contribution < -0.4 is 5.32 Å². The van der Waals surface area contributed by atoms with Crippen molar-refractivity contribution >= 4 is 28.5 Å². The number of amides is 2. The van der Waals surface area contributed by atoms with Gasteiger partial charge in [0, 0.05) is 31.6 Å². The number of nitrogens with zero attached hydrogens (tertiary/aromatic N) is 4. The molecule has 1 fully saturated rings. The topological polar surface area (TPSA) is 110 Å². The number of hydrogen-bond donors (Lipinski definition) is 2. The van der Waals surface area contributed by atoms with E-state index in [1.807, 2.05) is 41.1 Å². The van der Waals surface area contributed by atoms with Crippen LogP contribution >= 0.6 is 0 Å². The standard InChI is InChI=1S/C29H31N5O4/c1-20(35)31-25-10-7-21(8-11-25)12-15-34-27(17-30-32-34)26-13-14-33(29(36)37)18-28(26)38-19-22-6-9-23-4-2-3-5-24(23)16-22/h2-11,16-17,26,28H,12-15,18-19H2,1H3,(H,31,35)(H,36,37). The van der Waals surface area contributed by atoms with Gasteiger partial charge in [0.2, 0.25) is 5.91 Å². The second-order valence-electron chi connectivity index (χ2n) is 9.66. The predicted molar refractivity (Wildman–Crippen MR) is 144 cm³/mol. The zero-order valence-electron chi connectivity index (χ0n) is 21.3. The highest BCUT2D eigenvalue weighted by molar-refractivity contribution is 5.88. The van der Waals surface area contributed by atoms with E-state index in [0.717, 1.165) is 34.3 Å². The number of anilines is 1. The maximum absolute atomic E-state index is 11.7. The summed E-state index contributed by atoms with van der Waals surface area (Å²) in [6, 6.07) is 22.2. The third-order valence-corrected chi connectivity index (χ3v) is 7.02. The molecule has 2 atom stereocenters. The molecule has 2 amide bonds. The van der Waals surface area contributed by atoms with Crippen LogP contribution in [0.4, 0.5) is 10.5 Å². The molecule has 3 aromatic carbocycles. The monoisotopic (exact) mass is 513 g/mol. The molecule has 9 nitrogen and oxygen atoms in total. The van der Waals surface area contributed by atoms with Gasteiger partial charge in [-0.25, -0.2) is 9.48 Å². The maximum Gasteiger partial charge on any atom is 0.407 e. The largest absolute Gasteiger partial charge is 0.465 e. The van der Waals surface area contributed by atoms with E-state index in [1.165, 1.54) is 17.2 Å². The van der Waals surface area contributed by atoms with Gasteiger partial charge < -0.3 is 20.1 Å². The molecule has 0 saturated carbocycles. The summed E-state index contributed by atoms with van der Waals surface area (Å²) in [7, 11) is 0. The molecule has 5 rings (SSSR count). The Labute approximate surface area is 221 Å². The Morgan fingerprint density at radius 1 is 1.05 bits per heavy atom. The molecule has 38 heavy (non-hydrogen) atoms. The van der Waals surface area contributed by atoms with Crippen LogP contribution in [-0.4, -0.2) is 56.2 Å². The first kappa shape index (κ1) is 25.4. The summed E-state index contributed by atoms with van der Waals surface area (Å²) in [6.07, 6.45) is 1.89. The minimum Gasteiger partial charge on any atom is -0.465 e. The molecule has 2 heterocycles. The quantitative estimate of drug-likeness (QED) is 0.354. The van der Waals surface area contributed by atoms with Crippen LogP contribution in [0.1, 0.15) is 36.1 Å². The molecule has 4 aromatic rings. The van der Waals surface area contributed by atoms with Gasteiger partial charge in [0.05, 0.1) is 31.1 Å². The first-order chi connectivity index (χ1) is 18.5. The molecule has 9 heteroatoms. The van der Waals surface area contributed by atoms with E-state index in [9.17, 15) is 14.7 Å². The summed E-state index contributed by atoms with van der Waals surface area (Å²) in [5.41, 5.74) is 3.88. The highest BCUT2D eigenvalue weighted by Gasteiger charge is 2.35. The SMILES string of the molecule is CC(=O)Nc1ccc(CCn2nncc2C2CCN(C(=O)O)CC2OCc2ccc3ccccc3c2)cc1. The van der Waals surface area contributed by atoms with Crippen molar-refractivity contribution in [2.24, 2.45) is 0 Å². The van der Waals surface area contributed by atoms with E-state index in [-0.39, 0.29) is 17.9 Å². The molecular weight excluding hydrogens is 482 g/mol. The smallest absolute Gasteiger partial charge is 0.407 e. The van der Waals surface area contributed by atoms with Gasteiger partial charge in [0.25, 0.3) is 0 Å². The van der Waals surface area contributed by atoms with Gasteiger partial charge in [-0.15, -0.1) is 5.10 Å². The van der Waals surface area contributed by atoms with Gasteiger partial charge in [0.15, 0.2) is 0 Å². The second-order valence-corrected chi connectivity index (χ2v) is 9.66. The van der Waals surface area contributed by atoms with Crippen LogP contribution in [0.25, 0.3) is 10.8 Å². The molecule has 0 bridgehead atoms. The van der Waals surface area contributed by atoms with E-state index in [0.29, 0.717) is 32.7 Å². The van der Waals surface area contributed by atoms with Crippen LogP contribution in [0, 0.1) is 0 Å². The first-order valence-electron chi connectivity index (χ1n) is 12.8. The number of ether oxygens (including phenoxy) is 1. The lowest BCUT2D eigenvalue weighted by atomic mass is 9.90. The molecule has 1 saturated heterocycles. The average molecular weight is 514 g/mol. The van der Waals surface area contributed by atoms with E-state index < -0.39 is 6.09 Å². The number of likely N-dealkylation sites (tertiary alicyclic amines) is 1. The van der Waals surface area contributed by atoms with Crippen molar-refractivity contribution < 1.29 is 19.4 Å². The van der Waals surface area contributed by atoms with Gasteiger partial charge >= 0.3 is 6.09 Å². The maximum atomic E-state index is 11.7. The number of carboxylic acid groups (broad SMARTS) is 1. The first-order valence-corrected chi connectivity index (χ1v) is 12.8. The molecule has 2 N–H and O–H groups in total. The fraction of sp³-hybridized carbons (Fsp3) is 0.310. The fourth-order valence-corrected chi connectivity index (χ4v) is 5.05. The summed E-state index contributed by atoms with van der Waals surface area (Å²) in [6.45, 7) is 3.24. The Morgan fingerprint density at radius 2 is 1.82 bits per heavy atom. The van der Waals surface area contributed by atoms with Crippen molar-refractivity contribution in [3.63, 3.8) is 0 Å². The summed E-state index contributed by atoms with van der Waals surface area (Å²) in [5, 5.41) is 23.2. The lowest BCUT2D eigenvalue weighted by molar-refractivity contribution is -0.114. The summed E-state index contributed by atoms with van der Waals surface area (Å²) in [5.74, 6) is -0.125.